The molecule has 0 aromatic heterocycles. The van der Waals surface area contributed by atoms with Crippen molar-refractivity contribution in [2.45, 2.75) is 32.7 Å². The van der Waals surface area contributed by atoms with Crippen molar-refractivity contribution in [2.75, 3.05) is 29.0 Å². The second-order valence-corrected chi connectivity index (χ2v) is 9.68. The Morgan fingerprint density at radius 3 is 2.55 bits per heavy atom. The molecule has 29 heavy (non-hydrogen) atoms. The molecule has 3 rings (SSSR count). The molecule has 7 heteroatoms. The van der Waals surface area contributed by atoms with Gasteiger partial charge < -0.3 is 10.2 Å². The van der Waals surface area contributed by atoms with Crippen LogP contribution in [0, 0.1) is 5.92 Å². The molecule has 2 atom stereocenters. The highest BCUT2D eigenvalue weighted by Crippen LogP contribution is 2.25. The van der Waals surface area contributed by atoms with Gasteiger partial charge in [0.1, 0.15) is 0 Å². The van der Waals surface area contributed by atoms with Crippen molar-refractivity contribution in [3.05, 3.63) is 59.7 Å². The average molecular weight is 416 g/mol. The molecule has 0 unspecified atom stereocenters. The third-order valence-corrected chi connectivity index (χ3v) is 5.80. The molecule has 1 saturated heterocycles. The zero-order valence-corrected chi connectivity index (χ0v) is 18.0. The van der Waals surface area contributed by atoms with Crippen LogP contribution < -0.4 is 14.9 Å². The maximum absolute atomic E-state index is 12.6. The number of carbonyl (C=O) groups is 1. The summed E-state index contributed by atoms with van der Waals surface area (Å²) in [7, 11) is -3.39. The molecule has 2 aromatic rings. The van der Waals surface area contributed by atoms with Gasteiger partial charge in [0.15, 0.2) is 0 Å². The van der Waals surface area contributed by atoms with Crippen LogP contribution in [0.2, 0.25) is 0 Å². The fourth-order valence-electron chi connectivity index (χ4n) is 3.70. The molecule has 2 N–H and O–H groups in total. The Balaban J connectivity index is 1.64. The molecule has 0 aliphatic carbocycles. The Hall–Kier alpha value is -2.54. The van der Waals surface area contributed by atoms with Gasteiger partial charge in [0, 0.05) is 30.0 Å². The van der Waals surface area contributed by atoms with Gasteiger partial charge in [0.25, 0.3) is 5.91 Å². The van der Waals surface area contributed by atoms with Crippen LogP contribution in [0.25, 0.3) is 0 Å². The van der Waals surface area contributed by atoms with Gasteiger partial charge >= 0.3 is 0 Å². The van der Waals surface area contributed by atoms with Crippen molar-refractivity contribution in [3.63, 3.8) is 0 Å². The molecule has 6 nitrogen and oxygen atoms in total. The van der Waals surface area contributed by atoms with E-state index in [4.69, 9.17) is 0 Å². The first-order chi connectivity index (χ1) is 13.7. The standard InChI is InChI=1S/C22H29N3O3S/c1-16-6-5-13-25(15-16)21-11-9-18(10-12-21)17(2)23-22(26)19-7-4-8-20(14-19)24-29(3,27)28/h4,7-12,14,16-17,24H,5-6,13,15H2,1-3H3,(H,23,26)/t16-,17-/m1/s1. The number of anilines is 2. The molecular formula is C22H29N3O3S. The lowest BCUT2D eigenvalue weighted by molar-refractivity contribution is 0.0940. The van der Waals surface area contributed by atoms with Crippen molar-refractivity contribution in [1.29, 1.82) is 0 Å². The molecule has 156 valence electrons. The number of amides is 1. The minimum Gasteiger partial charge on any atom is -0.371 e. The van der Waals surface area contributed by atoms with E-state index in [0.29, 0.717) is 11.3 Å². The fourth-order valence-corrected chi connectivity index (χ4v) is 4.25. The Morgan fingerprint density at radius 2 is 1.90 bits per heavy atom. The smallest absolute Gasteiger partial charge is 0.251 e. The van der Waals surface area contributed by atoms with Crippen LogP contribution in [0.5, 0.6) is 0 Å². The average Bonchev–Trinajstić information content (AvgIpc) is 2.67. The molecule has 1 amide bonds. The molecule has 1 aliphatic rings. The largest absolute Gasteiger partial charge is 0.371 e. The zero-order chi connectivity index (χ0) is 21.0. The van der Waals surface area contributed by atoms with Gasteiger partial charge in [0.2, 0.25) is 10.0 Å². The van der Waals surface area contributed by atoms with E-state index in [1.54, 1.807) is 18.2 Å². The number of rotatable bonds is 6. The van der Waals surface area contributed by atoms with E-state index in [0.717, 1.165) is 30.8 Å². The number of hydrogen-bond donors (Lipinski definition) is 2. The number of nitrogens with zero attached hydrogens (tertiary/aromatic N) is 1. The van der Waals surface area contributed by atoms with Gasteiger partial charge in [-0.15, -0.1) is 0 Å². The van der Waals surface area contributed by atoms with Crippen LogP contribution in [-0.4, -0.2) is 33.7 Å². The number of carbonyl (C=O) groups excluding carboxylic acids is 1. The van der Waals surface area contributed by atoms with E-state index in [2.05, 4.69) is 46.1 Å². The lowest BCUT2D eigenvalue weighted by Crippen LogP contribution is -2.34. The molecule has 0 radical (unpaired) electrons. The number of piperidine rings is 1. The van der Waals surface area contributed by atoms with E-state index < -0.39 is 10.0 Å². The topological polar surface area (TPSA) is 78.5 Å². The summed E-state index contributed by atoms with van der Waals surface area (Å²) in [6, 6.07) is 14.6. The summed E-state index contributed by atoms with van der Waals surface area (Å²) in [5.74, 6) is 0.471. The quantitative estimate of drug-likeness (QED) is 0.752. The molecular weight excluding hydrogens is 386 g/mol. The van der Waals surface area contributed by atoms with Gasteiger partial charge in [-0.05, 0) is 61.6 Å². The number of benzene rings is 2. The molecule has 0 spiro atoms. The molecule has 0 saturated carbocycles. The van der Waals surface area contributed by atoms with Gasteiger partial charge in [0.05, 0.1) is 12.3 Å². The lowest BCUT2D eigenvalue weighted by Gasteiger charge is -2.33. The highest BCUT2D eigenvalue weighted by Gasteiger charge is 2.17. The fraction of sp³-hybridized carbons (Fsp3) is 0.409. The molecule has 0 bridgehead atoms. The monoisotopic (exact) mass is 415 g/mol. The van der Waals surface area contributed by atoms with Crippen LogP contribution in [0.3, 0.4) is 0 Å². The first-order valence-corrected chi connectivity index (χ1v) is 11.8. The minimum atomic E-state index is -3.39. The van der Waals surface area contributed by atoms with E-state index in [-0.39, 0.29) is 11.9 Å². The van der Waals surface area contributed by atoms with Crippen LogP contribution >= 0.6 is 0 Å². The van der Waals surface area contributed by atoms with E-state index in [1.807, 2.05) is 6.92 Å². The minimum absolute atomic E-state index is 0.164. The van der Waals surface area contributed by atoms with E-state index in [9.17, 15) is 13.2 Å². The van der Waals surface area contributed by atoms with Gasteiger partial charge in [-0.25, -0.2) is 8.42 Å². The second-order valence-electron chi connectivity index (χ2n) is 7.94. The summed E-state index contributed by atoms with van der Waals surface area (Å²) in [4.78, 5) is 15.0. The van der Waals surface area contributed by atoms with Crippen molar-refractivity contribution >= 4 is 27.3 Å². The zero-order valence-electron chi connectivity index (χ0n) is 17.2. The predicted molar refractivity (Wildman–Crippen MR) is 118 cm³/mol. The maximum atomic E-state index is 12.6. The summed E-state index contributed by atoms with van der Waals surface area (Å²) >= 11 is 0. The Kier molecular flexibility index (Phi) is 6.47. The summed E-state index contributed by atoms with van der Waals surface area (Å²) in [5.41, 5.74) is 3.02. The molecule has 2 aromatic carbocycles. The maximum Gasteiger partial charge on any atom is 0.251 e. The van der Waals surface area contributed by atoms with Crippen molar-refractivity contribution in [1.82, 2.24) is 5.32 Å². The van der Waals surface area contributed by atoms with Gasteiger partial charge in [-0.1, -0.05) is 25.1 Å². The third-order valence-electron chi connectivity index (χ3n) is 5.19. The number of nitrogens with one attached hydrogen (secondary N) is 2. The van der Waals surface area contributed by atoms with E-state index in [1.165, 1.54) is 24.6 Å². The van der Waals surface area contributed by atoms with Crippen LogP contribution in [0.1, 0.15) is 48.7 Å². The van der Waals surface area contributed by atoms with Crippen molar-refractivity contribution < 1.29 is 13.2 Å². The van der Waals surface area contributed by atoms with Crippen LogP contribution in [-0.2, 0) is 10.0 Å². The lowest BCUT2D eigenvalue weighted by atomic mass is 9.99. The first-order valence-electron chi connectivity index (χ1n) is 9.95. The Labute approximate surface area is 173 Å². The molecule has 1 fully saturated rings. The summed E-state index contributed by atoms with van der Waals surface area (Å²) in [5, 5.41) is 2.98. The number of hydrogen-bond acceptors (Lipinski definition) is 4. The number of sulfonamides is 1. The first kappa shape index (κ1) is 21.2. The van der Waals surface area contributed by atoms with Crippen LogP contribution in [0.4, 0.5) is 11.4 Å². The molecule has 1 aliphatic heterocycles. The normalized spacial score (nSPS) is 18.2. The van der Waals surface area contributed by atoms with Crippen LogP contribution in [0.15, 0.2) is 48.5 Å². The van der Waals surface area contributed by atoms with E-state index >= 15 is 0 Å². The van der Waals surface area contributed by atoms with Crippen molar-refractivity contribution in [2.24, 2.45) is 5.92 Å². The Bertz CT molecular complexity index is 958. The Morgan fingerprint density at radius 1 is 1.17 bits per heavy atom. The summed E-state index contributed by atoms with van der Waals surface area (Å²) in [6.45, 7) is 6.41. The third kappa shape index (κ3) is 5.97. The highest BCUT2D eigenvalue weighted by molar-refractivity contribution is 7.92. The highest BCUT2D eigenvalue weighted by atomic mass is 32.2. The predicted octanol–water partition coefficient (Wildman–Crippen LogP) is 3.79. The van der Waals surface area contributed by atoms with Gasteiger partial charge in [-0.2, -0.15) is 0 Å². The van der Waals surface area contributed by atoms with Gasteiger partial charge in [-0.3, -0.25) is 9.52 Å². The summed E-state index contributed by atoms with van der Waals surface area (Å²) < 4.78 is 25.2. The molecule has 1 heterocycles. The second kappa shape index (κ2) is 8.86. The summed E-state index contributed by atoms with van der Waals surface area (Å²) in [6.07, 6.45) is 3.59. The van der Waals surface area contributed by atoms with Crippen molar-refractivity contribution in [3.8, 4) is 0 Å². The SMILES string of the molecule is C[C@@H]1CCCN(c2ccc([C@@H](C)NC(=O)c3cccc(NS(C)(=O)=O)c3)cc2)C1.